The van der Waals surface area contributed by atoms with E-state index in [0.717, 1.165) is 5.52 Å². The van der Waals surface area contributed by atoms with Crippen LogP contribution in [0.3, 0.4) is 0 Å². The number of aromatic amines is 1. The van der Waals surface area contributed by atoms with Gasteiger partial charge in [0.2, 0.25) is 5.91 Å². The first kappa shape index (κ1) is 10.9. The van der Waals surface area contributed by atoms with E-state index >= 15 is 0 Å². The first-order valence-corrected chi connectivity index (χ1v) is 5.19. The highest BCUT2D eigenvalue weighted by Crippen LogP contribution is 2.18. The van der Waals surface area contributed by atoms with Crippen molar-refractivity contribution >= 4 is 28.5 Å². The number of nitrogens with one attached hydrogen (secondary N) is 2. The number of H-pyrrole nitrogens is 1. The van der Waals surface area contributed by atoms with Crippen LogP contribution in [-0.4, -0.2) is 21.8 Å². The third-order valence-corrected chi connectivity index (χ3v) is 2.47. The molecular formula is C10H9ClFN3O. The van der Waals surface area contributed by atoms with E-state index in [9.17, 15) is 9.18 Å². The van der Waals surface area contributed by atoms with Gasteiger partial charge in [0.05, 0.1) is 17.4 Å². The largest absolute Gasteiger partial charge is 0.351 e. The Kier molecular flexibility index (Phi) is 3.05. The van der Waals surface area contributed by atoms with Crippen LogP contribution in [0.2, 0.25) is 0 Å². The predicted molar refractivity (Wildman–Crippen MR) is 58.6 cm³/mol. The molecule has 2 aromatic rings. The monoisotopic (exact) mass is 241 g/mol. The average molecular weight is 242 g/mol. The van der Waals surface area contributed by atoms with Crippen LogP contribution in [0.15, 0.2) is 18.5 Å². The summed E-state index contributed by atoms with van der Waals surface area (Å²) in [6.07, 6.45) is 1.48. The summed E-state index contributed by atoms with van der Waals surface area (Å²) in [5.74, 6) is -0.874. The molecule has 0 saturated heterocycles. The molecule has 6 heteroatoms. The lowest BCUT2D eigenvalue weighted by atomic mass is 10.1. The number of hydrogen-bond acceptors (Lipinski definition) is 2. The standard InChI is InChI=1S/C10H9ClFN3O/c11-3-9(16)13-4-6-7(12)1-2-8-10(6)15-5-14-8/h1-2,5H,3-4H2,(H,13,16)(H,14,15). The molecule has 0 atom stereocenters. The van der Waals surface area contributed by atoms with E-state index in [-0.39, 0.29) is 18.3 Å². The number of rotatable bonds is 3. The molecule has 0 spiro atoms. The van der Waals surface area contributed by atoms with Crippen LogP contribution < -0.4 is 5.32 Å². The Morgan fingerprint density at radius 3 is 3.12 bits per heavy atom. The van der Waals surface area contributed by atoms with E-state index in [4.69, 9.17) is 11.6 Å². The maximum absolute atomic E-state index is 13.5. The molecule has 2 rings (SSSR count). The van der Waals surface area contributed by atoms with Gasteiger partial charge < -0.3 is 10.3 Å². The van der Waals surface area contributed by atoms with Crippen molar-refractivity contribution in [2.24, 2.45) is 0 Å². The number of benzene rings is 1. The Morgan fingerprint density at radius 1 is 1.56 bits per heavy atom. The maximum Gasteiger partial charge on any atom is 0.235 e. The van der Waals surface area contributed by atoms with E-state index < -0.39 is 5.82 Å². The number of nitrogens with zero attached hydrogens (tertiary/aromatic N) is 1. The first-order chi connectivity index (χ1) is 7.72. The van der Waals surface area contributed by atoms with Crippen LogP contribution in [0.5, 0.6) is 0 Å². The second kappa shape index (κ2) is 4.49. The van der Waals surface area contributed by atoms with Crippen molar-refractivity contribution in [3.05, 3.63) is 29.8 Å². The van der Waals surface area contributed by atoms with Crippen LogP contribution >= 0.6 is 11.6 Å². The molecule has 0 radical (unpaired) electrons. The van der Waals surface area contributed by atoms with Crippen LogP contribution in [0.25, 0.3) is 11.0 Å². The molecule has 0 unspecified atom stereocenters. The summed E-state index contributed by atoms with van der Waals surface area (Å²) in [5, 5.41) is 2.51. The highest BCUT2D eigenvalue weighted by Gasteiger charge is 2.10. The second-order valence-corrected chi connectivity index (χ2v) is 3.50. The molecule has 1 amide bonds. The lowest BCUT2D eigenvalue weighted by molar-refractivity contribution is -0.118. The van der Waals surface area contributed by atoms with Gasteiger partial charge in [-0.15, -0.1) is 11.6 Å². The smallest absolute Gasteiger partial charge is 0.235 e. The van der Waals surface area contributed by atoms with E-state index in [1.807, 2.05) is 0 Å². The molecule has 0 aliphatic heterocycles. The van der Waals surface area contributed by atoms with Gasteiger partial charge in [0.1, 0.15) is 11.7 Å². The summed E-state index contributed by atoms with van der Waals surface area (Å²) in [6, 6.07) is 2.94. The fourth-order valence-electron chi connectivity index (χ4n) is 1.44. The molecule has 0 fully saturated rings. The Labute approximate surface area is 95.8 Å². The van der Waals surface area contributed by atoms with Gasteiger partial charge in [-0.25, -0.2) is 9.37 Å². The summed E-state index contributed by atoms with van der Waals surface area (Å²) in [4.78, 5) is 17.9. The number of aromatic nitrogens is 2. The summed E-state index contributed by atoms with van der Waals surface area (Å²) < 4.78 is 13.5. The Bertz CT molecular complexity index is 526. The van der Waals surface area contributed by atoms with Crippen LogP contribution in [0, 0.1) is 5.82 Å². The highest BCUT2D eigenvalue weighted by molar-refractivity contribution is 6.27. The minimum absolute atomic E-state index is 0.0829. The van der Waals surface area contributed by atoms with Gasteiger partial charge in [0.15, 0.2) is 0 Å². The Hall–Kier alpha value is -1.62. The van der Waals surface area contributed by atoms with Crippen molar-refractivity contribution in [2.75, 3.05) is 5.88 Å². The molecule has 4 nitrogen and oxygen atoms in total. The minimum Gasteiger partial charge on any atom is -0.351 e. The predicted octanol–water partition coefficient (Wildman–Crippen LogP) is 1.56. The SMILES string of the molecule is O=C(CCl)NCc1c(F)ccc2[nH]cnc12. The van der Waals surface area contributed by atoms with Crippen LogP contribution in [0.4, 0.5) is 4.39 Å². The zero-order valence-corrected chi connectivity index (χ0v) is 9.01. The number of hydrogen-bond donors (Lipinski definition) is 2. The number of alkyl halides is 1. The molecule has 0 aliphatic carbocycles. The molecule has 1 aromatic carbocycles. The molecule has 1 heterocycles. The summed E-state index contributed by atoms with van der Waals surface area (Å²) in [5.41, 5.74) is 1.61. The topological polar surface area (TPSA) is 57.8 Å². The number of carbonyl (C=O) groups is 1. The number of fused-ring (bicyclic) bond motifs is 1. The first-order valence-electron chi connectivity index (χ1n) is 4.65. The maximum atomic E-state index is 13.5. The van der Waals surface area contributed by atoms with Gasteiger partial charge in [-0.3, -0.25) is 4.79 Å². The van der Waals surface area contributed by atoms with Crippen molar-refractivity contribution in [1.29, 1.82) is 0 Å². The molecule has 0 saturated carbocycles. The summed E-state index contributed by atoms with van der Waals surface area (Å²) in [7, 11) is 0. The summed E-state index contributed by atoms with van der Waals surface area (Å²) >= 11 is 5.33. The third-order valence-electron chi connectivity index (χ3n) is 2.22. The molecule has 0 bridgehead atoms. The van der Waals surface area contributed by atoms with E-state index in [0.29, 0.717) is 11.1 Å². The highest BCUT2D eigenvalue weighted by atomic mass is 35.5. The molecule has 0 aliphatic rings. The normalized spacial score (nSPS) is 10.6. The average Bonchev–Trinajstić information content (AvgIpc) is 2.75. The zero-order valence-electron chi connectivity index (χ0n) is 8.26. The quantitative estimate of drug-likeness (QED) is 0.802. The number of imidazole rings is 1. The van der Waals surface area contributed by atoms with Gasteiger partial charge in [-0.2, -0.15) is 0 Å². The number of halogens is 2. The van der Waals surface area contributed by atoms with Gasteiger partial charge in [0.25, 0.3) is 0 Å². The fourth-order valence-corrected chi connectivity index (χ4v) is 1.54. The van der Waals surface area contributed by atoms with Gasteiger partial charge in [0, 0.05) is 12.1 Å². The van der Waals surface area contributed by atoms with Gasteiger partial charge in [-0.05, 0) is 12.1 Å². The molecule has 1 aromatic heterocycles. The Balaban J connectivity index is 2.31. The van der Waals surface area contributed by atoms with Crippen molar-refractivity contribution in [1.82, 2.24) is 15.3 Å². The molecule has 16 heavy (non-hydrogen) atoms. The lowest BCUT2D eigenvalue weighted by Gasteiger charge is -2.05. The van der Waals surface area contributed by atoms with E-state index in [1.165, 1.54) is 12.4 Å². The van der Waals surface area contributed by atoms with Crippen molar-refractivity contribution in [3.8, 4) is 0 Å². The lowest BCUT2D eigenvalue weighted by Crippen LogP contribution is -2.24. The molecule has 84 valence electrons. The number of carbonyl (C=O) groups excluding carboxylic acids is 1. The fraction of sp³-hybridized carbons (Fsp3) is 0.200. The van der Waals surface area contributed by atoms with Crippen molar-refractivity contribution < 1.29 is 9.18 Å². The van der Waals surface area contributed by atoms with Gasteiger partial charge in [-0.1, -0.05) is 0 Å². The third kappa shape index (κ3) is 1.99. The van der Waals surface area contributed by atoms with Gasteiger partial charge >= 0.3 is 0 Å². The number of amides is 1. The minimum atomic E-state index is -0.394. The van der Waals surface area contributed by atoms with Crippen LogP contribution in [-0.2, 0) is 11.3 Å². The van der Waals surface area contributed by atoms with E-state index in [1.54, 1.807) is 6.07 Å². The second-order valence-electron chi connectivity index (χ2n) is 3.24. The Morgan fingerprint density at radius 2 is 2.38 bits per heavy atom. The zero-order chi connectivity index (χ0) is 11.5. The summed E-state index contributed by atoms with van der Waals surface area (Å²) in [6.45, 7) is 0.0829. The molecule has 2 N–H and O–H groups in total. The van der Waals surface area contributed by atoms with Crippen molar-refractivity contribution in [3.63, 3.8) is 0 Å². The van der Waals surface area contributed by atoms with Crippen molar-refractivity contribution in [2.45, 2.75) is 6.54 Å². The van der Waals surface area contributed by atoms with Crippen LogP contribution in [0.1, 0.15) is 5.56 Å². The van der Waals surface area contributed by atoms with E-state index in [2.05, 4.69) is 15.3 Å². The molecular weight excluding hydrogens is 233 g/mol.